The maximum Gasteiger partial charge on any atom is 0.222 e. The number of oxazole rings is 1. The van der Waals surface area contributed by atoms with Crippen molar-refractivity contribution in [1.29, 1.82) is 0 Å². The van der Waals surface area contributed by atoms with Gasteiger partial charge in [0.05, 0.1) is 18.3 Å². The molecule has 0 aliphatic heterocycles. The summed E-state index contributed by atoms with van der Waals surface area (Å²) in [7, 11) is 1.70. The van der Waals surface area contributed by atoms with E-state index in [1.54, 1.807) is 11.9 Å². The molecule has 30 heavy (non-hydrogen) atoms. The molecule has 1 heterocycles. The predicted octanol–water partition coefficient (Wildman–Crippen LogP) is 4.71. The van der Waals surface area contributed by atoms with E-state index < -0.39 is 11.6 Å². The second kappa shape index (κ2) is 9.52. The van der Waals surface area contributed by atoms with E-state index in [0.29, 0.717) is 13.2 Å². The Morgan fingerprint density at radius 1 is 1.13 bits per heavy atom. The summed E-state index contributed by atoms with van der Waals surface area (Å²) in [5, 5.41) is 0. The molecule has 1 amide bonds. The first-order valence-corrected chi connectivity index (χ1v) is 9.67. The fourth-order valence-electron chi connectivity index (χ4n) is 3.12. The largest absolute Gasteiger partial charge is 0.492 e. The van der Waals surface area contributed by atoms with Crippen LogP contribution in [0, 0.1) is 25.5 Å². The van der Waals surface area contributed by atoms with Gasteiger partial charge in [0.2, 0.25) is 5.91 Å². The van der Waals surface area contributed by atoms with Gasteiger partial charge in [0.25, 0.3) is 0 Å². The fourth-order valence-corrected chi connectivity index (χ4v) is 3.12. The third kappa shape index (κ3) is 5.43. The highest BCUT2D eigenvalue weighted by Gasteiger charge is 2.17. The van der Waals surface area contributed by atoms with Crippen molar-refractivity contribution in [3.63, 3.8) is 0 Å². The van der Waals surface area contributed by atoms with E-state index in [2.05, 4.69) is 11.1 Å². The highest BCUT2D eigenvalue weighted by Crippen LogP contribution is 2.26. The molecule has 0 saturated heterocycles. The van der Waals surface area contributed by atoms with Crippen LogP contribution in [0.5, 0.6) is 5.75 Å². The Morgan fingerprint density at radius 2 is 1.80 bits per heavy atom. The molecule has 0 aliphatic rings. The van der Waals surface area contributed by atoms with E-state index >= 15 is 0 Å². The van der Waals surface area contributed by atoms with E-state index in [1.807, 2.05) is 26.0 Å². The van der Waals surface area contributed by atoms with Gasteiger partial charge in [-0.15, -0.1) is 0 Å². The Balaban J connectivity index is 1.49. The molecule has 1 aromatic heterocycles. The van der Waals surface area contributed by atoms with Crippen LogP contribution in [0.1, 0.15) is 23.4 Å². The number of rotatable bonds is 8. The van der Waals surface area contributed by atoms with Gasteiger partial charge in [-0.1, -0.05) is 12.1 Å². The Labute approximate surface area is 174 Å². The number of benzene rings is 2. The molecular formula is C23H24F2N2O3. The van der Waals surface area contributed by atoms with Crippen molar-refractivity contribution < 1.29 is 22.7 Å². The van der Waals surface area contributed by atoms with E-state index in [9.17, 15) is 13.6 Å². The van der Waals surface area contributed by atoms with Gasteiger partial charge in [-0.2, -0.15) is 0 Å². The summed E-state index contributed by atoms with van der Waals surface area (Å²) < 4.78 is 38.9. The van der Waals surface area contributed by atoms with Crippen LogP contribution in [0.15, 0.2) is 47.0 Å². The zero-order valence-electron chi connectivity index (χ0n) is 17.2. The lowest BCUT2D eigenvalue weighted by atomic mass is 10.1. The standard InChI is InChI=1S/C23H24F2N2O3/c1-15-11-16(2)13-17(12-15)29-10-9-27(3)22(28)8-7-21-26-14-20(30-21)23-18(24)5-4-6-19(23)25/h4-6,11-14H,7-10H2,1-3H3. The van der Waals surface area contributed by atoms with Crippen molar-refractivity contribution in [3.8, 4) is 17.1 Å². The number of nitrogens with zero attached hydrogens (tertiary/aromatic N) is 2. The average molecular weight is 414 g/mol. The van der Waals surface area contributed by atoms with Gasteiger partial charge in [0.15, 0.2) is 11.7 Å². The van der Waals surface area contributed by atoms with Crippen LogP contribution < -0.4 is 4.74 Å². The van der Waals surface area contributed by atoms with E-state index in [0.717, 1.165) is 29.0 Å². The number of carbonyl (C=O) groups excluding carboxylic acids is 1. The van der Waals surface area contributed by atoms with Crippen LogP contribution in [0.4, 0.5) is 8.78 Å². The average Bonchev–Trinajstić information content (AvgIpc) is 3.13. The van der Waals surface area contributed by atoms with Gasteiger partial charge in [0.1, 0.15) is 24.0 Å². The molecule has 3 aromatic rings. The van der Waals surface area contributed by atoms with Gasteiger partial charge in [-0.05, 0) is 49.2 Å². The van der Waals surface area contributed by atoms with Crippen molar-refractivity contribution in [2.24, 2.45) is 0 Å². The first-order chi connectivity index (χ1) is 14.3. The molecule has 0 spiro atoms. The molecule has 0 fully saturated rings. The molecule has 0 atom stereocenters. The van der Waals surface area contributed by atoms with Crippen molar-refractivity contribution >= 4 is 5.91 Å². The van der Waals surface area contributed by atoms with Crippen molar-refractivity contribution in [1.82, 2.24) is 9.88 Å². The first kappa shape index (κ1) is 21.5. The van der Waals surface area contributed by atoms with Gasteiger partial charge in [-0.3, -0.25) is 4.79 Å². The third-order valence-electron chi connectivity index (χ3n) is 4.63. The zero-order chi connectivity index (χ0) is 21.7. The van der Waals surface area contributed by atoms with Crippen LogP contribution in [-0.4, -0.2) is 36.0 Å². The molecule has 158 valence electrons. The summed E-state index contributed by atoms with van der Waals surface area (Å²) >= 11 is 0. The quantitative estimate of drug-likeness (QED) is 0.536. The zero-order valence-corrected chi connectivity index (χ0v) is 17.2. The summed E-state index contributed by atoms with van der Waals surface area (Å²) in [5.41, 5.74) is 1.98. The summed E-state index contributed by atoms with van der Waals surface area (Å²) in [5.74, 6) is -0.518. The second-order valence-corrected chi connectivity index (χ2v) is 7.20. The van der Waals surface area contributed by atoms with Crippen LogP contribution in [0.2, 0.25) is 0 Å². The number of carbonyl (C=O) groups is 1. The number of ether oxygens (including phenoxy) is 1. The number of likely N-dealkylation sites (N-methyl/N-ethyl adjacent to an activating group) is 1. The van der Waals surface area contributed by atoms with Crippen LogP contribution in [0.25, 0.3) is 11.3 Å². The maximum atomic E-state index is 13.9. The van der Waals surface area contributed by atoms with E-state index in [1.165, 1.54) is 12.3 Å². The lowest BCUT2D eigenvalue weighted by Crippen LogP contribution is -2.31. The Hall–Kier alpha value is -3.22. The third-order valence-corrected chi connectivity index (χ3v) is 4.63. The topological polar surface area (TPSA) is 55.6 Å². The molecule has 0 radical (unpaired) electrons. The molecule has 0 aliphatic carbocycles. The number of hydrogen-bond acceptors (Lipinski definition) is 4. The molecule has 5 nitrogen and oxygen atoms in total. The number of amides is 1. The number of halogens is 2. The highest BCUT2D eigenvalue weighted by molar-refractivity contribution is 5.76. The minimum atomic E-state index is -0.725. The Morgan fingerprint density at radius 3 is 2.47 bits per heavy atom. The van der Waals surface area contributed by atoms with Gasteiger partial charge in [0, 0.05) is 19.9 Å². The van der Waals surface area contributed by atoms with Gasteiger partial charge in [-0.25, -0.2) is 13.8 Å². The fraction of sp³-hybridized carbons (Fsp3) is 0.304. The molecule has 3 rings (SSSR count). The summed E-state index contributed by atoms with van der Waals surface area (Å²) in [6.45, 7) is 4.82. The molecule has 2 aromatic carbocycles. The molecule has 0 bridgehead atoms. The van der Waals surface area contributed by atoms with Crippen LogP contribution >= 0.6 is 0 Å². The summed E-state index contributed by atoms with van der Waals surface area (Å²) in [4.78, 5) is 17.9. The SMILES string of the molecule is Cc1cc(C)cc(OCCN(C)C(=O)CCc2ncc(-c3c(F)cccc3F)o2)c1. The Bertz CT molecular complexity index is 993. The monoisotopic (exact) mass is 414 g/mol. The van der Waals surface area contributed by atoms with Crippen molar-refractivity contribution in [2.45, 2.75) is 26.7 Å². The Kier molecular flexibility index (Phi) is 6.82. The minimum Gasteiger partial charge on any atom is -0.492 e. The van der Waals surface area contributed by atoms with E-state index in [4.69, 9.17) is 9.15 Å². The van der Waals surface area contributed by atoms with Crippen molar-refractivity contribution in [3.05, 3.63) is 71.2 Å². The van der Waals surface area contributed by atoms with Crippen LogP contribution in [0.3, 0.4) is 0 Å². The number of aromatic nitrogens is 1. The molecule has 0 N–H and O–H groups in total. The lowest BCUT2D eigenvalue weighted by molar-refractivity contribution is -0.130. The molecular weight excluding hydrogens is 390 g/mol. The maximum absolute atomic E-state index is 13.9. The highest BCUT2D eigenvalue weighted by atomic mass is 19.1. The van der Waals surface area contributed by atoms with Gasteiger partial charge >= 0.3 is 0 Å². The first-order valence-electron chi connectivity index (χ1n) is 9.67. The smallest absolute Gasteiger partial charge is 0.222 e. The summed E-state index contributed by atoms with van der Waals surface area (Å²) in [6, 6.07) is 9.56. The minimum absolute atomic E-state index is 0.00301. The predicted molar refractivity (Wildman–Crippen MR) is 109 cm³/mol. The number of hydrogen-bond donors (Lipinski definition) is 0. The second-order valence-electron chi connectivity index (χ2n) is 7.20. The lowest BCUT2D eigenvalue weighted by Gasteiger charge is -2.17. The number of aryl methyl sites for hydroxylation is 3. The van der Waals surface area contributed by atoms with Crippen molar-refractivity contribution in [2.75, 3.05) is 20.2 Å². The summed E-state index contributed by atoms with van der Waals surface area (Å²) in [6.07, 6.45) is 1.67. The molecule has 7 heteroatoms. The normalized spacial score (nSPS) is 10.8. The molecule has 0 saturated carbocycles. The van der Waals surface area contributed by atoms with Crippen LogP contribution in [-0.2, 0) is 11.2 Å². The molecule has 0 unspecified atom stereocenters. The van der Waals surface area contributed by atoms with E-state index in [-0.39, 0.29) is 36.0 Å². The van der Waals surface area contributed by atoms with Gasteiger partial charge < -0.3 is 14.1 Å².